The lowest BCUT2D eigenvalue weighted by Gasteiger charge is -2.16. The lowest BCUT2D eigenvalue weighted by molar-refractivity contribution is -0.116. The number of hydrogen-bond donors (Lipinski definition) is 4. The number of amides is 3. The van der Waals surface area contributed by atoms with Crippen molar-refractivity contribution >= 4 is 76.1 Å². The third-order valence-electron chi connectivity index (χ3n) is 6.31. The highest BCUT2D eigenvalue weighted by Crippen LogP contribution is 2.30. The molecule has 0 aromatic heterocycles. The van der Waals surface area contributed by atoms with Crippen LogP contribution in [0.4, 0.5) is 15.8 Å². The van der Waals surface area contributed by atoms with Gasteiger partial charge in [-0.2, -0.15) is 0 Å². The molecule has 4 rings (SSSR count). The van der Waals surface area contributed by atoms with Gasteiger partial charge in [0.25, 0.3) is 11.8 Å². The third-order valence-corrected chi connectivity index (χ3v) is 8.33. The zero-order valence-electron chi connectivity index (χ0n) is 23.6. The number of carbonyl (C=O) groups is 4. The minimum Gasteiger partial charge on any atom is -0.478 e. The molecule has 0 bridgehead atoms. The van der Waals surface area contributed by atoms with E-state index in [2.05, 4.69) is 16.0 Å². The molecule has 45 heavy (non-hydrogen) atoms. The first-order valence-corrected chi connectivity index (χ1v) is 15.1. The fourth-order valence-electron chi connectivity index (χ4n) is 4.06. The quantitative estimate of drug-likeness (QED) is 0.0959. The van der Waals surface area contributed by atoms with Crippen molar-refractivity contribution in [3.05, 3.63) is 129 Å². The maximum atomic E-state index is 14.6. The van der Waals surface area contributed by atoms with Gasteiger partial charge in [-0.05, 0) is 73.2 Å². The number of benzene rings is 4. The molecule has 0 radical (unpaired) electrons. The summed E-state index contributed by atoms with van der Waals surface area (Å²) in [6.07, 6.45) is 1.60. The van der Waals surface area contributed by atoms with Gasteiger partial charge in [-0.3, -0.25) is 14.4 Å². The molecule has 0 saturated heterocycles. The molecule has 8 nitrogen and oxygen atoms in total. The van der Waals surface area contributed by atoms with Gasteiger partial charge in [0, 0.05) is 27.4 Å². The van der Waals surface area contributed by atoms with Gasteiger partial charge >= 0.3 is 5.97 Å². The number of nitrogens with one attached hydrogen (secondary N) is 3. The van der Waals surface area contributed by atoms with Crippen LogP contribution in [0, 0.1) is 5.82 Å². The van der Waals surface area contributed by atoms with E-state index < -0.39 is 28.9 Å². The first-order chi connectivity index (χ1) is 21.5. The van der Waals surface area contributed by atoms with E-state index in [1.807, 2.05) is 6.92 Å². The lowest BCUT2D eigenvalue weighted by atomic mass is 10.1. The summed E-state index contributed by atoms with van der Waals surface area (Å²) in [6.45, 7) is 1.83. The van der Waals surface area contributed by atoms with Gasteiger partial charge in [-0.15, -0.1) is 11.8 Å². The van der Waals surface area contributed by atoms with Crippen molar-refractivity contribution in [3.63, 3.8) is 0 Å². The van der Waals surface area contributed by atoms with Crippen LogP contribution >= 0.6 is 35.0 Å². The largest absolute Gasteiger partial charge is 0.478 e. The number of anilines is 2. The molecule has 1 unspecified atom stereocenters. The Balaban J connectivity index is 1.52. The minimum atomic E-state index is -1.22. The van der Waals surface area contributed by atoms with Crippen LogP contribution in [0.1, 0.15) is 39.6 Å². The van der Waals surface area contributed by atoms with Gasteiger partial charge < -0.3 is 21.1 Å². The van der Waals surface area contributed by atoms with Crippen LogP contribution < -0.4 is 16.0 Å². The van der Waals surface area contributed by atoms with Crippen LogP contribution in [-0.4, -0.2) is 34.0 Å². The Morgan fingerprint density at radius 2 is 1.58 bits per heavy atom. The Kier molecular flexibility index (Phi) is 11.4. The van der Waals surface area contributed by atoms with E-state index in [1.165, 1.54) is 48.2 Å². The number of thioether (sulfide) groups is 1. The average Bonchev–Trinajstić information content (AvgIpc) is 3.02. The predicted molar refractivity (Wildman–Crippen MR) is 175 cm³/mol. The summed E-state index contributed by atoms with van der Waals surface area (Å²) in [5.74, 6) is -3.57. The van der Waals surface area contributed by atoms with E-state index >= 15 is 0 Å². The number of carboxylic acids is 1. The number of carbonyl (C=O) groups excluding carboxylic acids is 3. The molecule has 0 heterocycles. The SMILES string of the molecule is CCC(Sc1cccc(NC(=O)/C(=C\c2c(F)cccc2Cl)NC(=O)c2ccccc2)c1)C(=O)Nc1ccc(Cl)c(C(=O)O)c1. The molecule has 0 aliphatic heterocycles. The van der Waals surface area contributed by atoms with E-state index in [0.29, 0.717) is 17.0 Å². The smallest absolute Gasteiger partial charge is 0.337 e. The summed E-state index contributed by atoms with van der Waals surface area (Å²) < 4.78 is 14.6. The van der Waals surface area contributed by atoms with Crippen LogP contribution in [0.3, 0.4) is 0 Å². The Morgan fingerprint density at radius 3 is 2.27 bits per heavy atom. The normalized spacial score (nSPS) is 11.8. The molecule has 4 N–H and O–H groups in total. The van der Waals surface area contributed by atoms with Crippen molar-refractivity contribution in [3.8, 4) is 0 Å². The van der Waals surface area contributed by atoms with E-state index in [4.69, 9.17) is 23.2 Å². The van der Waals surface area contributed by atoms with Crippen LogP contribution in [0.25, 0.3) is 6.08 Å². The molecule has 4 aromatic rings. The molecule has 12 heteroatoms. The second-order valence-corrected chi connectivity index (χ2v) is 11.6. The van der Waals surface area contributed by atoms with Crippen molar-refractivity contribution in [2.24, 2.45) is 0 Å². The average molecular weight is 667 g/mol. The number of rotatable bonds is 11. The van der Waals surface area contributed by atoms with Gasteiger partial charge in [-0.1, -0.05) is 60.5 Å². The molecule has 3 amide bonds. The van der Waals surface area contributed by atoms with Gasteiger partial charge in [0.15, 0.2) is 0 Å². The second kappa shape index (κ2) is 15.4. The maximum Gasteiger partial charge on any atom is 0.337 e. The summed E-state index contributed by atoms with van der Waals surface area (Å²) in [4.78, 5) is 51.4. The van der Waals surface area contributed by atoms with Crippen molar-refractivity contribution in [1.29, 1.82) is 0 Å². The highest BCUT2D eigenvalue weighted by Gasteiger charge is 2.21. The van der Waals surface area contributed by atoms with E-state index in [0.717, 1.165) is 6.08 Å². The molecular formula is C33H26Cl2FN3O5S. The number of hydrogen-bond acceptors (Lipinski definition) is 5. The van der Waals surface area contributed by atoms with E-state index in [-0.39, 0.29) is 44.0 Å². The van der Waals surface area contributed by atoms with Gasteiger partial charge in [0.1, 0.15) is 11.5 Å². The Bertz CT molecular complexity index is 1770. The maximum absolute atomic E-state index is 14.6. The molecule has 230 valence electrons. The summed E-state index contributed by atoms with van der Waals surface area (Å²) in [5.41, 5.74) is 0.468. The second-order valence-electron chi connectivity index (χ2n) is 9.50. The monoisotopic (exact) mass is 665 g/mol. The van der Waals surface area contributed by atoms with Crippen LogP contribution in [0.2, 0.25) is 10.0 Å². The first-order valence-electron chi connectivity index (χ1n) is 13.5. The van der Waals surface area contributed by atoms with Crippen LogP contribution in [0.15, 0.2) is 102 Å². The molecule has 1 atom stereocenters. The topological polar surface area (TPSA) is 125 Å². The summed E-state index contributed by atoms with van der Waals surface area (Å²) >= 11 is 13.3. The third kappa shape index (κ3) is 8.95. The lowest BCUT2D eigenvalue weighted by Crippen LogP contribution is -2.30. The Labute approximate surface area is 272 Å². The van der Waals surface area contributed by atoms with E-state index in [9.17, 15) is 28.7 Å². The fraction of sp³-hybridized carbons (Fsp3) is 0.0909. The molecule has 4 aromatic carbocycles. The van der Waals surface area contributed by atoms with Crippen molar-refractivity contribution in [2.45, 2.75) is 23.5 Å². The minimum absolute atomic E-state index is 0.0503. The first kappa shape index (κ1) is 33.3. The Morgan fingerprint density at radius 1 is 0.867 bits per heavy atom. The molecule has 0 fully saturated rings. The molecule has 0 aliphatic carbocycles. The van der Waals surface area contributed by atoms with Gasteiger partial charge in [0.2, 0.25) is 5.91 Å². The van der Waals surface area contributed by atoms with Crippen LogP contribution in [-0.2, 0) is 9.59 Å². The van der Waals surface area contributed by atoms with Crippen molar-refractivity contribution < 1.29 is 28.7 Å². The van der Waals surface area contributed by atoms with Crippen LogP contribution in [0.5, 0.6) is 0 Å². The molecule has 0 spiro atoms. The van der Waals surface area contributed by atoms with Crippen molar-refractivity contribution in [1.82, 2.24) is 5.32 Å². The number of carboxylic acid groups (broad SMARTS) is 1. The molecule has 0 aliphatic rings. The number of aromatic carboxylic acids is 1. The summed E-state index contributed by atoms with van der Waals surface area (Å²) in [7, 11) is 0. The standard InChI is InChI=1S/C33H26Cl2FN3O5S/c1-2-29(32(42)38-21-14-15-26(35)24(17-21)33(43)44)45-22-11-6-10-20(16-22)37-31(41)28(18-23-25(34)12-7-13-27(23)36)39-30(40)19-8-4-3-5-9-19/h3-18,29H,2H2,1H3,(H,37,41)(H,38,42)(H,39,40)(H,43,44)/b28-18+. The molecule has 0 saturated carbocycles. The predicted octanol–water partition coefficient (Wildman–Crippen LogP) is 7.75. The Hall–Kier alpha value is -4.64. The van der Waals surface area contributed by atoms with Gasteiger partial charge in [0.05, 0.1) is 20.9 Å². The zero-order valence-corrected chi connectivity index (χ0v) is 26.0. The van der Waals surface area contributed by atoms with Gasteiger partial charge in [-0.25, -0.2) is 9.18 Å². The highest BCUT2D eigenvalue weighted by molar-refractivity contribution is 8.00. The number of halogens is 3. The summed E-state index contributed by atoms with van der Waals surface area (Å²) in [6, 6.07) is 23.2. The fourth-order valence-corrected chi connectivity index (χ4v) is 5.49. The van der Waals surface area contributed by atoms with Crippen molar-refractivity contribution in [2.75, 3.05) is 10.6 Å². The zero-order chi connectivity index (χ0) is 32.5. The summed E-state index contributed by atoms with van der Waals surface area (Å²) in [5, 5.41) is 16.8. The van der Waals surface area contributed by atoms with E-state index in [1.54, 1.807) is 54.6 Å². The molecular weight excluding hydrogens is 640 g/mol. The highest BCUT2D eigenvalue weighted by atomic mass is 35.5.